The second kappa shape index (κ2) is 7.15. The number of rotatable bonds is 5. The van der Waals surface area contributed by atoms with E-state index in [1.807, 2.05) is 19.1 Å². The number of fused-ring (bicyclic) bond motifs is 2. The van der Waals surface area contributed by atoms with Crippen molar-refractivity contribution in [2.24, 2.45) is 0 Å². The van der Waals surface area contributed by atoms with Crippen molar-refractivity contribution in [1.29, 1.82) is 0 Å². The van der Waals surface area contributed by atoms with Crippen LogP contribution in [0.1, 0.15) is 28.4 Å². The van der Waals surface area contributed by atoms with Crippen LogP contribution in [0.4, 0.5) is 0 Å². The van der Waals surface area contributed by atoms with E-state index in [1.54, 1.807) is 24.3 Å². The summed E-state index contributed by atoms with van der Waals surface area (Å²) in [6.07, 6.45) is 2.01. The third kappa shape index (κ3) is 3.09. The van der Waals surface area contributed by atoms with E-state index in [-0.39, 0.29) is 11.0 Å². The van der Waals surface area contributed by atoms with Crippen molar-refractivity contribution in [2.75, 3.05) is 6.61 Å². The van der Waals surface area contributed by atoms with Crippen LogP contribution in [0, 0.1) is 0 Å². The topological polar surface area (TPSA) is 86.7 Å². The summed E-state index contributed by atoms with van der Waals surface area (Å²) >= 11 is 0. The van der Waals surface area contributed by atoms with Crippen LogP contribution in [-0.4, -0.2) is 12.9 Å². The smallest absolute Gasteiger partial charge is 0.336 e. The van der Waals surface area contributed by atoms with Gasteiger partial charge in [0.2, 0.25) is 5.43 Å². The largest absolute Gasteiger partial charge is 0.493 e. The van der Waals surface area contributed by atoms with E-state index in [9.17, 15) is 14.4 Å². The van der Waals surface area contributed by atoms with Crippen LogP contribution in [0.15, 0.2) is 67.2 Å². The molecule has 0 atom stereocenters. The average molecular weight is 376 g/mol. The molecule has 0 saturated heterocycles. The molecular formula is C22H16O6. The summed E-state index contributed by atoms with van der Waals surface area (Å²) in [7, 11) is 0. The Balaban J connectivity index is 1.88. The SMILES string of the molecule is CCOc1cccc2oc(=O)cc(Cc3ccc4occ(C=O)c(=O)c4c3)c12. The fourth-order valence-corrected chi connectivity index (χ4v) is 3.28. The van der Waals surface area contributed by atoms with E-state index in [4.69, 9.17) is 13.6 Å². The summed E-state index contributed by atoms with van der Waals surface area (Å²) in [5.41, 5.74) is 1.48. The maximum atomic E-state index is 12.4. The molecule has 0 N–H and O–H groups in total. The third-order valence-electron chi connectivity index (χ3n) is 4.50. The van der Waals surface area contributed by atoms with Gasteiger partial charge >= 0.3 is 5.63 Å². The Bertz CT molecular complexity index is 1310. The molecule has 0 aliphatic rings. The number of ether oxygens (including phenoxy) is 1. The maximum Gasteiger partial charge on any atom is 0.336 e. The van der Waals surface area contributed by atoms with E-state index in [1.165, 1.54) is 6.07 Å². The third-order valence-corrected chi connectivity index (χ3v) is 4.50. The lowest BCUT2D eigenvalue weighted by molar-refractivity contribution is 0.112. The van der Waals surface area contributed by atoms with Gasteiger partial charge in [-0.15, -0.1) is 0 Å². The van der Waals surface area contributed by atoms with Gasteiger partial charge in [-0.25, -0.2) is 4.79 Å². The Hall–Kier alpha value is -3.67. The zero-order valence-corrected chi connectivity index (χ0v) is 15.1. The summed E-state index contributed by atoms with van der Waals surface area (Å²) in [4.78, 5) is 35.4. The molecule has 6 nitrogen and oxygen atoms in total. The fourth-order valence-electron chi connectivity index (χ4n) is 3.28. The van der Waals surface area contributed by atoms with Gasteiger partial charge in [-0.3, -0.25) is 9.59 Å². The average Bonchev–Trinajstić information content (AvgIpc) is 2.69. The molecule has 6 heteroatoms. The van der Waals surface area contributed by atoms with Gasteiger partial charge < -0.3 is 13.6 Å². The van der Waals surface area contributed by atoms with Crippen molar-refractivity contribution < 1.29 is 18.4 Å². The monoisotopic (exact) mass is 376 g/mol. The highest BCUT2D eigenvalue weighted by Gasteiger charge is 2.13. The van der Waals surface area contributed by atoms with Gasteiger partial charge in [-0.05, 0) is 48.7 Å². The summed E-state index contributed by atoms with van der Waals surface area (Å²) < 4.78 is 16.3. The Morgan fingerprint density at radius 3 is 2.71 bits per heavy atom. The van der Waals surface area contributed by atoms with Crippen LogP contribution in [0.3, 0.4) is 0 Å². The lowest BCUT2D eigenvalue weighted by atomic mass is 10.00. The van der Waals surface area contributed by atoms with Gasteiger partial charge in [0.15, 0.2) is 6.29 Å². The molecule has 2 heterocycles. The van der Waals surface area contributed by atoms with E-state index in [2.05, 4.69) is 0 Å². The standard InChI is InChI=1S/C22H16O6/c1-2-26-18-4-3-5-19-21(18)14(10-20(24)28-19)8-13-6-7-17-16(9-13)22(25)15(11-23)12-27-17/h3-7,9-12H,2,8H2,1H3. The lowest BCUT2D eigenvalue weighted by Gasteiger charge is -2.11. The predicted octanol–water partition coefficient (Wildman–Crippen LogP) is 3.70. The van der Waals surface area contributed by atoms with Gasteiger partial charge in [0.05, 0.1) is 22.9 Å². The highest BCUT2D eigenvalue weighted by molar-refractivity contribution is 5.88. The first-order valence-corrected chi connectivity index (χ1v) is 8.79. The molecule has 28 heavy (non-hydrogen) atoms. The highest BCUT2D eigenvalue weighted by Crippen LogP contribution is 2.30. The van der Waals surface area contributed by atoms with Crippen molar-refractivity contribution in [3.63, 3.8) is 0 Å². The first-order valence-electron chi connectivity index (χ1n) is 8.79. The van der Waals surface area contributed by atoms with Crippen molar-refractivity contribution in [3.8, 4) is 5.75 Å². The molecule has 4 aromatic rings. The highest BCUT2D eigenvalue weighted by atomic mass is 16.5. The quantitative estimate of drug-likeness (QED) is 0.390. The molecule has 2 aromatic carbocycles. The second-order valence-electron chi connectivity index (χ2n) is 6.30. The molecule has 0 amide bonds. The van der Waals surface area contributed by atoms with Gasteiger partial charge in [0, 0.05) is 6.07 Å². The molecule has 0 spiro atoms. The first kappa shape index (κ1) is 17.7. The van der Waals surface area contributed by atoms with E-state index >= 15 is 0 Å². The minimum absolute atomic E-state index is 0.0333. The maximum absolute atomic E-state index is 12.4. The zero-order valence-electron chi connectivity index (χ0n) is 15.1. The van der Waals surface area contributed by atoms with Crippen molar-refractivity contribution in [1.82, 2.24) is 0 Å². The Kier molecular flexibility index (Phi) is 4.53. The number of hydrogen-bond acceptors (Lipinski definition) is 6. The van der Waals surface area contributed by atoms with Crippen LogP contribution < -0.4 is 15.8 Å². The van der Waals surface area contributed by atoms with Crippen LogP contribution in [0.2, 0.25) is 0 Å². The van der Waals surface area contributed by atoms with Crippen LogP contribution >= 0.6 is 0 Å². The molecule has 0 bridgehead atoms. The van der Waals surface area contributed by atoms with Gasteiger partial charge in [-0.2, -0.15) is 0 Å². The van der Waals surface area contributed by atoms with Gasteiger partial charge in [0.1, 0.15) is 23.2 Å². The van der Waals surface area contributed by atoms with E-state index in [0.29, 0.717) is 41.6 Å². The molecule has 2 aromatic heterocycles. The molecule has 0 saturated carbocycles. The van der Waals surface area contributed by atoms with Crippen molar-refractivity contribution in [3.05, 3.63) is 86.1 Å². The van der Waals surface area contributed by atoms with Crippen LogP contribution in [-0.2, 0) is 6.42 Å². The Morgan fingerprint density at radius 2 is 1.93 bits per heavy atom. The zero-order chi connectivity index (χ0) is 19.7. The summed E-state index contributed by atoms with van der Waals surface area (Å²) in [6, 6.07) is 11.9. The molecule has 0 aliphatic carbocycles. The van der Waals surface area contributed by atoms with Crippen LogP contribution in [0.5, 0.6) is 5.75 Å². The second-order valence-corrected chi connectivity index (χ2v) is 6.30. The number of carbonyl (C=O) groups is 1. The van der Waals surface area contributed by atoms with Gasteiger partial charge in [-0.1, -0.05) is 12.1 Å². The Labute approximate surface area is 159 Å². The summed E-state index contributed by atoms with van der Waals surface area (Å²) in [5, 5.41) is 1.04. The summed E-state index contributed by atoms with van der Waals surface area (Å²) in [5.74, 6) is 0.627. The number of benzene rings is 2. The molecule has 4 rings (SSSR count). The first-order chi connectivity index (χ1) is 13.6. The predicted molar refractivity (Wildman–Crippen MR) is 104 cm³/mol. The van der Waals surface area contributed by atoms with Gasteiger partial charge in [0.25, 0.3) is 0 Å². The normalized spacial score (nSPS) is 11.0. The van der Waals surface area contributed by atoms with Crippen LogP contribution in [0.25, 0.3) is 21.9 Å². The number of carbonyl (C=O) groups excluding carboxylic acids is 1. The fraction of sp³-hybridized carbons (Fsp3) is 0.136. The Morgan fingerprint density at radius 1 is 1.07 bits per heavy atom. The van der Waals surface area contributed by atoms with E-state index < -0.39 is 5.63 Å². The van der Waals surface area contributed by atoms with Crippen molar-refractivity contribution >= 4 is 28.2 Å². The molecule has 0 fully saturated rings. The summed E-state index contributed by atoms with van der Waals surface area (Å²) in [6.45, 7) is 2.36. The molecule has 0 radical (unpaired) electrons. The molecule has 140 valence electrons. The molecular weight excluding hydrogens is 360 g/mol. The number of hydrogen-bond donors (Lipinski definition) is 0. The van der Waals surface area contributed by atoms with Crippen molar-refractivity contribution in [2.45, 2.75) is 13.3 Å². The number of aldehydes is 1. The lowest BCUT2D eigenvalue weighted by Crippen LogP contribution is -2.08. The van der Waals surface area contributed by atoms with E-state index in [0.717, 1.165) is 22.8 Å². The molecule has 0 unspecified atom stereocenters. The molecule has 0 aliphatic heterocycles. The minimum Gasteiger partial charge on any atom is -0.493 e. The minimum atomic E-state index is -0.459.